The lowest BCUT2D eigenvalue weighted by atomic mass is 9.82. The number of likely N-dealkylation sites (tertiary alicyclic amines) is 1. The lowest BCUT2D eigenvalue weighted by Crippen LogP contribution is -2.32. The Morgan fingerprint density at radius 2 is 1.66 bits per heavy atom. The van der Waals surface area contributed by atoms with Gasteiger partial charge in [0, 0.05) is 18.4 Å². The molecule has 2 fully saturated rings. The largest absolute Gasteiger partial charge is 0.493 e. The van der Waals surface area contributed by atoms with Gasteiger partial charge in [-0.2, -0.15) is 0 Å². The van der Waals surface area contributed by atoms with Gasteiger partial charge in [-0.15, -0.1) is 0 Å². The monoisotopic (exact) mass is 485 g/mol. The van der Waals surface area contributed by atoms with Crippen molar-refractivity contribution in [3.63, 3.8) is 0 Å². The molecule has 4 atom stereocenters. The highest BCUT2D eigenvalue weighted by atomic mass is 16.6. The number of β-amino-alcohol motifs (C(OH)–C–C–N with tert-alkyl or cyclic N) is 1. The van der Waals surface area contributed by atoms with E-state index in [1.807, 2.05) is 18.2 Å². The number of cyclic esters (lactones) is 1. The molecule has 0 bridgehead atoms. The van der Waals surface area contributed by atoms with Gasteiger partial charge < -0.3 is 33.7 Å². The summed E-state index contributed by atoms with van der Waals surface area (Å²) in [5.41, 5.74) is 1.00. The number of carbonyl (C=O) groups excluding carboxylic acids is 2. The summed E-state index contributed by atoms with van der Waals surface area (Å²) >= 11 is 0. The Kier molecular flexibility index (Phi) is 7.65. The van der Waals surface area contributed by atoms with Crippen molar-refractivity contribution in [1.29, 1.82) is 0 Å². The minimum Gasteiger partial charge on any atom is -0.493 e. The lowest BCUT2D eigenvalue weighted by Gasteiger charge is -2.21. The van der Waals surface area contributed by atoms with Crippen LogP contribution in [-0.4, -0.2) is 69.2 Å². The van der Waals surface area contributed by atoms with E-state index >= 15 is 0 Å². The van der Waals surface area contributed by atoms with Crippen LogP contribution in [0.25, 0.3) is 0 Å². The first kappa shape index (κ1) is 24.7. The van der Waals surface area contributed by atoms with E-state index in [-0.39, 0.29) is 30.3 Å². The molecule has 9 nitrogen and oxygen atoms in total. The number of nitrogens with zero attached hydrogens (tertiary/aromatic N) is 1. The number of hydrogen-bond acceptors (Lipinski definition) is 8. The summed E-state index contributed by atoms with van der Waals surface area (Å²) in [5, 5.41) is 10.7. The van der Waals surface area contributed by atoms with Crippen LogP contribution in [0.15, 0.2) is 42.5 Å². The third-order valence-corrected chi connectivity index (χ3v) is 6.75. The molecule has 2 aromatic carbocycles. The van der Waals surface area contributed by atoms with Crippen molar-refractivity contribution >= 4 is 12.1 Å². The molecule has 0 aromatic heterocycles. The molecule has 2 heterocycles. The molecule has 2 saturated heterocycles. The van der Waals surface area contributed by atoms with E-state index in [1.54, 1.807) is 38.5 Å². The Labute approximate surface area is 204 Å². The van der Waals surface area contributed by atoms with E-state index < -0.39 is 12.2 Å². The van der Waals surface area contributed by atoms with E-state index in [0.717, 1.165) is 5.56 Å². The van der Waals surface area contributed by atoms with Crippen LogP contribution in [0, 0.1) is 17.8 Å². The highest BCUT2D eigenvalue weighted by molar-refractivity contribution is 5.75. The van der Waals surface area contributed by atoms with Gasteiger partial charge >= 0.3 is 12.1 Å². The smallest absolute Gasteiger partial charge is 0.415 e. The van der Waals surface area contributed by atoms with E-state index in [2.05, 4.69) is 0 Å². The zero-order chi connectivity index (χ0) is 24.9. The van der Waals surface area contributed by atoms with Gasteiger partial charge in [0.1, 0.15) is 0 Å². The fraction of sp³-hybridized carbons (Fsp3) is 0.462. The van der Waals surface area contributed by atoms with Crippen molar-refractivity contribution in [3.05, 3.63) is 48.0 Å². The van der Waals surface area contributed by atoms with Crippen LogP contribution in [0.5, 0.6) is 23.0 Å². The maximum atomic E-state index is 12.7. The molecule has 2 aromatic rings. The molecular weight excluding hydrogens is 454 g/mol. The number of aliphatic hydroxyl groups excluding tert-OH is 1. The van der Waals surface area contributed by atoms with Crippen LogP contribution in [0.4, 0.5) is 4.79 Å². The summed E-state index contributed by atoms with van der Waals surface area (Å²) in [6.45, 7) is 0.753. The molecule has 35 heavy (non-hydrogen) atoms. The Bertz CT molecular complexity index is 1060. The van der Waals surface area contributed by atoms with Gasteiger partial charge in [-0.1, -0.05) is 18.2 Å². The number of benzene rings is 2. The second-order valence-corrected chi connectivity index (χ2v) is 8.88. The van der Waals surface area contributed by atoms with Gasteiger partial charge in [0.05, 0.1) is 46.5 Å². The Balaban J connectivity index is 1.39. The number of amides is 1. The van der Waals surface area contributed by atoms with Gasteiger partial charge in [0.2, 0.25) is 0 Å². The topological polar surface area (TPSA) is 104 Å². The van der Waals surface area contributed by atoms with Crippen LogP contribution >= 0.6 is 0 Å². The minimum atomic E-state index is -0.754. The summed E-state index contributed by atoms with van der Waals surface area (Å²) < 4.78 is 26.8. The number of methoxy groups -OCH3 is 3. The molecule has 9 heteroatoms. The van der Waals surface area contributed by atoms with Gasteiger partial charge in [0.15, 0.2) is 23.0 Å². The number of ether oxygens (including phenoxy) is 5. The van der Waals surface area contributed by atoms with E-state index in [1.165, 1.54) is 12.0 Å². The van der Waals surface area contributed by atoms with Crippen molar-refractivity contribution in [2.75, 3.05) is 41.0 Å². The van der Waals surface area contributed by atoms with Crippen molar-refractivity contribution in [2.24, 2.45) is 17.8 Å². The molecule has 188 valence electrons. The highest BCUT2D eigenvalue weighted by Gasteiger charge is 2.43. The van der Waals surface area contributed by atoms with Crippen LogP contribution in [-0.2, 0) is 16.0 Å². The molecule has 1 amide bonds. The molecule has 0 aliphatic carbocycles. The highest BCUT2D eigenvalue weighted by Crippen LogP contribution is 2.36. The number of aliphatic hydroxyl groups is 1. The molecule has 0 radical (unpaired) electrons. The predicted molar refractivity (Wildman–Crippen MR) is 126 cm³/mol. The van der Waals surface area contributed by atoms with Crippen LogP contribution < -0.4 is 18.9 Å². The fourth-order valence-corrected chi connectivity index (χ4v) is 4.83. The molecule has 0 saturated carbocycles. The zero-order valence-electron chi connectivity index (χ0n) is 20.1. The summed E-state index contributed by atoms with van der Waals surface area (Å²) in [7, 11) is 4.67. The number of rotatable bonds is 8. The molecule has 4 rings (SSSR count). The summed E-state index contributed by atoms with van der Waals surface area (Å²) in [6.07, 6.45) is -0.266. The minimum absolute atomic E-state index is 0.0395. The normalized spacial score (nSPS) is 23.7. The Morgan fingerprint density at radius 1 is 0.971 bits per heavy atom. The van der Waals surface area contributed by atoms with E-state index in [4.69, 9.17) is 23.7 Å². The molecule has 2 aliphatic rings. The predicted octanol–water partition coefficient (Wildman–Crippen LogP) is 2.93. The van der Waals surface area contributed by atoms with Gasteiger partial charge in [0.25, 0.3) is 0 Å². The summed E-state index contributed by atoms with van der Waals surface area (Å²) in [4.78, 5) is 26.7. The maximum absolute atomic E-state index is 12.7. The fourth-order valence-electron chi connectivity index (χ4n) is 4.83. The molecule has 0 spiro atoms. The number of carbonyl (C=O) groups is 2. The van der Waals surface area contributed by atoms with Crippen molar-refractivity contribution < 1.29 is 38.4 Å². The third-order valence-electron chi connectivity index (χ3n) is 6.75. The SMILES string of the molecule is COc1ccc(C[C@H]2COC(=O)[C@@H]2CC2CN(C(=O)Oc3ccccc3OC)CC2O)cc1OC. The van der Waals surface area contributed by atoms with Crippen LogP contribution in [0.2, 0.25) is 0 Å². The van der Waals surface area contributed by atoms with Gasteiger partial charge in [-0.25, -0.2) is 4.79 Å². The van der Waals surface area contributed by atoms with Crippen LogP contribution in [0.1, 0.15) is 12.0 Å². The average molecular weight is 486 g/mol. The van der Waals surface area contributed by atoms with E-state index in [0.29, 0.717) is 49.0 Å². The molecule has 2 unspecified atom stereocenters. The Morgan fingerprint density at radius 3 is 2.37 bits per heavy atom. The molecule has 1 N–H and O–H groups in total. The number of para-hydroxylation sites is 2. The van der Waals surface area contributed by atoms with Gasteiger partial charge in [-0.05, 0) is 42.7 Å². The second-order valence-electron chi connectivity index (χ2n) is 8.88. The summed E-state index contributed by atoms with van der Waals surface area (Å²) in [5.74, 6) is 1.09. The van der Waals surface area contributed by atoms with E-state index in [9.17, 15) is 14.7 Å². The second kappa shape index (κ2) is 10.9. The quantitative estimate of drug-likeness (QED) is 0.570. The summed E-state index contributed by atoms with van der Waals surface area (Å²) in [6, 6.07) is 12.6. The first-order valence-corrected chi connectivity index (χ1v) is 11.6. The first-order chi connectivity index (χ1) is 16.9. The first-order valence-electron chi connectivity index (χ1n) is 11.6. The van der Waals surface area contributed by atoms with Crippen molar-refractivity contribution in [2.45, 2.75) is 18.9 Å². The lowest BCUT2D eigenvalue weighted by molar-refractivity contribution is -0.141. The van der Waals surface area contributed by atoms with Crippen LogP contribution in [0.3, 0.4) is 0 Å². The number of esters is 1. The van der Waals surface area contributed by atoms with Gasteiger partial charge in [-0.3, -0.25) is 4.79 Å². The zero-order valence-corrected chi connectivity index (χ0v) is 20.1. The third kappa shape index (κ3) is 5.45. The molecule has 2 aliphatic heterocycles. The number of hydrogen-bond donors (Lipinski definition) is 1. The molecular formula is C26H31NO8. The maximum Gasteiger partial charge on any atom is 0.415 e. The standard InChI is InChI=1S/C26H31NO8/c1-31-21-6-4-5-7-23(21)35-26(30)27-13-17(20(28)14-27)12-19-18(15-34-25(19)29)10-16-8-9-22(32-2)24(11-16)33-3/h4-9,11,17-20,28H,10,12-15H2,1-3H3/t17?,18-,19+,20?/m0/s1. The van der Waals surface area contributed by atoms with Crippen molar-refractivity contribution in [3.8, 4) is 23.0 Å². The Hall–Kier alpha value is -3.46. The average Bonchev–Trinajstić information content (AvgIpc) is 3.41. The van der Waals surface area contributed by atoms with Crippen molar-refractivity contribution in [1.82, 2.24) is 4.90 Å².